The van der Waals surface area contributed by atoms with Crippen molar-refractivity contribution in [2.75, 3.05) is 0 Å². The first-order valence-electron chi connectivity index (χ1n) is 4.47. The van der Waals surface area contributed by atoms with E-state index in [2.05, 4.69) is 0 Å². The Hall–Kier alpha value is -0.250. The number of alkyl halides is 3. The predicted octanol–water partition coefficient (Wildman–Crippen LogP) is 3.53. The summed E-state index contributed by atoms with van der Waals surface area (Å²) in [5.74, 6) is 0. The molecule has 0 aliphatic rings. The smallest absolute Gasteiger partial charge is 0.363 e. The first kappa shape index (κ1) is 12.8. The molecule has 80 valence electrons. The molecule has 0 aromatic heterocycles. The summed E-state index contributed by atoms with van der Waals surface area (Å²) in [7, 11) is 0. The molecule has 0 saturated carbocycles. The number of ether oxygens (including phenoxy) is 1. The standard InChI is InChI=1S/C9H17F3O/c1-5-6-8(4,9(10,11)12)13-7(2)3/h7H,5-6H2,1-4H3. The van der Waals surface area contributed by atoms with Crippen molar-refractivity contribution in [3.8, 4) is 0 Å². The van der Waals surface area contributed by atoms with Crippen molar-refractivity contribution in [2.45, 2.75) is 58.4 Å². The zero-order valence-corrected chi connectivity index (χ0v) is 8.53. The van der Waals surface area contributed by atoms with Crippen LogP contribution in [0.3, 0.4) is 0 Å². The predicted molar refractivity (Wildman–Crippen MR) is 45.6 cm³/mol. The van der Waals surface area contributed by atoms with E-state index >= 15 is 0 Å². The third-order valence-corrected chi connectivity index (χ3v) is 1.82. The van der Waals surface area contributed by atoms with Crippen molar-refractivity contribution in [1.82, 2.24) is 0 Å². The van der Waals surface area contributed by atoms with Crippen molar-refractivity contribution in [3.63, 3.8) is 0 Å². The highest BCUT2D eigenvalue weighted by molar-refractivity contribution is 4.84. The monoisotopic (exact) mass is 198 g/mol. The van der Waals surface area contributed by atoms with Crippen LogP contribution in [0.1, 0.15) is 40.5 Å². The molecule has 0 amide bonds. The van der Waals surface area contributed by atoms with Crippen LogP contribution < -0.4 is 0 Å². The van der Waals surface area contributed by atoms with Crippen LogP contribution in [0.15, 0.2) is 0 Å². The lowest BCUT2D eigenvalue weighted by atomic mass is 9.99. The summed E-state index contributed by atoms with van der Waals surface area (Å²) in [5.41, 5.74) is -1.99. The van der Waals surface area contributed by atoms with Crippen LogP contribution in [0, 0.1) is 0 Å². The second-order valence-corrected chi connectivity index (χ2v) is 3.65. The first-order valence-corrected chi connectivity index (χ1v) is 4.47. The maximum atomic E-state index is 12.5. The van der Waals surface area contributed by atoms with Crippen molar-refractivity contribution < 1.29 is 17.9 Å². The number of rotatable bonds is 4. The lowest BCUT2D eigenvalue weighted by Gasteiger charge is -2.33. The van der Waals surface area contributed by atoms with E-state index in [1.54, 1.807) is 20.8 Å². The van der Waals surface area contributed by atoms with Gasteiger partial charge >= 0.3 is 6.18 Å². The van der Waals surface area contributed by atoms with Crippen LogP contribution >= 0.6 is 0 Å². The Balaban J connectivity index is 4.53. The Bertz CT molecular complexity index is 153. The van der Waals surface area contributed by atoms with Crippen LogP contribution in [0.5, 0.6) is 0 Å². The van der Waals surface area contributed by atoms with Crippen LogP contribution in [-0.4, -0.2) is 17.9 Å². The van der Waals surface area contributed by atoms with Gasteiger partial charge in [-0.3, -0.25) is 0 Å². The van der Waals surface area contributed by atoms with E-state index < -0.39 is 17.9 Å². The SMILES string of the molecule is CCCC(C)(OC(C)C)C(F)(F)F. The highest BCUT2D eigenvalue weighted by Crippen LogP contribution is 2.37. The molecular formula is C9H17F3O. The fourth-order valence-electron chi connectivity index (χ4n) is 1.26. The van der Waals surface area contributed by atoms with Gasteiger partial charge < -0.3 is 4.74 Å². The molecule has 0 radical (unpaired) electrons. The van der Waals surface area contributed by atoms with Gasteiger partial charge in [0.1, 0.15) is 0 Å². The van der Waals surface area contributed by atoms with Gasteiger partial charge in [0.05, 0.1) is 6.10 Å². The van der Waals surface area contributed by atoms with Crippen LogP contribution in [0.25, 0.3) is 0 Å². The van der Waals surface area contributed by atoms with E-state index in [1.807, 2.05) is 0 Å². The van der Waals surface area contributed by atoms with E-state index in [1.165, 1.54) is 0 Å². The number of halogens is 3. The molecule has 1 nitrogen and oxygen atoms in total. The summed E-state index contributed by atoms with van der Waals surface area (Å²) in [6, 6.07) is 0. The summed E-state index contributed by atoms with van der Waals surface area (Å²) in [6.07, 6.45) is -4.22. The average Bonchev–Trinajstić information content (AvgIpc) is 1.82. The lowest BCUT2D eigenvalue weighted by Crippen LogP contribution is -2.46. The molecule has 1 atom stereocenters. The third kappa shape index (κ3) is 3.55. The molecule has 0 N–H and O–H groups in total. The molecule has 0 rings (SSSR count). The Morgan fingerprint density at radius 2 is 1.69 bits per heavy atom. The van der Waals surface area contributed by atoms with Crippen LogP contribution in [0.2, 0.25) is 0 Å². The zero-order valence-electron chi connectivity index (χ0n) is 8.53. The van der Waals surface area contributed by atoms with Crippen molar-refractivity contribution in [3.05, 3.63) is 0 Å². The summed E-state index contributed by atoms with van der Waals surface area (Å²) in [5, 5.41) is 0. The molecule has 0 saturated heterocycles. The fourth-order valence-corrected chi connectivity index (χ4v) is 1.26. The van der Waals surface area contributed by atoms with Gasteiger partial charge in [-0.2, -0.15) is 13.2 Å². The highest BCUT2D eigenvalue weighted by Gasteiger charge is 2.51. The van der Waals surface area contributed by atoms with E-state index in [-0.39, 0.29) is 6.42 Å². The molecule has 4 heteroatoms. The molecule has 0 bridgehead atoms. The maximum Gasteiger partial charge on any atom is 0.417 e. The molecule has 0 fully saturated rings. The highest BCUT2D eigenvalue weighted by atomic mass is 19.4. The largest absolute Gasteiger partial charge is 0.417 e. The van der Waals surface area contributed by atoms with Gasteiger partial charge in [0.25, 0.3) is 0 Å². The summed E-state index contributed by atoms with van der Waals surface area (Å²) < 4.78 is 42.5. The molecule has 13 heavy (non-hydrogen) atoms. The fraction of sp³-hybridized carbons (Fsp3) is 1.00. The summed E-state index contributed by atoms with van der Waals surface area (Å²) in [6.45, 7) is 6.05. The topological polar surface area (TPSA) is 9.23 Å². The van der Waals surface area contributed by atoms with Gasteiger partial charge in [0.2, 0.25) is 0 Å². The van der Waals surface area contributed by atoms with Gasteiger partial charge in [0.15, 0.2) is 5.60 Å². The summed E-state index contributed by atoms with van der Waals surface area (Å²) in [4.78, 5) is 0. The zero-order chi connectivity index (χ0) is 10.7. The second-order valence-electron chi connectivity index (χ2n) is 3.65. The molecule has 0 heterocycles. The van der Waals surface area contributed by atoms with Gasteiger partial charge in [0, 0.05) is 0 Å². The van der Waals surface area contributed by atoms with E-state index in [4.69, 9.17) is 4.74 Å². The molecule has 0 aromatic carbocycles. The second kappa shape index (κ2) is 4.31. The van der Waals surface area contributed by atoms with Crippen LogP contribution in [0.4, 0.5) is 13.2 Å². The van der Waals surface area contributed by atoms with Gasteiger partial charge in [-0.1, -0.05) is 13.3 Å². The molecule has 0 aromatic rings. The van der Waals surface area contributed by atoms with Crippen molar-refractivity contribution in [2.24, 2.45) is 0 Å². The van der Waals surface area contributed by atoms with E-state index in [0.717, 1.165) is 6.92 Å². The van der Waals surface area contributed by atoms with Crippen LogP contribution in [-0.2, 0) is 4.74 Å². The average molecular weight is 198 g/mol. The molecule has 0 aliphatic carbocycles. The summed E-state index contributed by atoms with van der Waals surface area (Å²) >= 11 is 0. The molecule has 1 unspecified atom stereocenters. The normalized spacial score (nSPS) is 17.5. The Morgan fingerprint density at radius 3 is 1.92 bits per heavy atom. The minimum atomic E-state index is -4.28. The molecular weight excluding hydrogens is 181 g/mol. The van der Waals surface area contributed by atoms with Crippen molar-refractivity contribution in [1.29, 1.82) is 0 Å². The number of hydrogen-bond acceptors (Lipinski definition) is 1. The van der Waals surface area contributed by atoms with E-state index in [9.17, 15) is 13.2 Å². The Morgan fingerprint density at radius 1 is 1.23 bits per heavy atom. The van der Waals surface area contributed by atoms with Gasteiger partial charge in [-0.25, -0.2) is 0 Å². The minimum absolute atomic E-state index is 0.00861. The molecule has 0 spiro atoms. The first-order chi connectivity index (χ1) is 5.73. The maximum absolute atomic E-state index is 12.5. The molecule has 0 aliphatic heterocycles. The van der Waals surface area contributed by atoms with Crippen molar-refractivity contribution >= 4 is 0 Å². The quantitative estimate of drug-likeness (QED) is 0.671. The third-order valence-electron chi connectivity index (χ3n) is 1.82. The van der Waals surface area contributed by atoms with Gasteiger partial charge in [-0.05, 0) is 27.2 Å². The van der Waals surface area contributed by atoms with Gasteiger partial charge in [-0.15, -0.1) is 0 Å². The minimum Gasteiger partial charge on any atom is -0.363 e. The Labute approximate surface area is 77.3 Å². The van der Waals surface area contributed by atoms with E-state index in [0.29, 0.717) is 6.42 Å². The number of hydrogen-bond donors (Lipinski definition) is 0. The Kier molecular flexibility index (Phi) is 4.23. The lowest BCUT2D eigenvalue weighted by molar-refractivity contribution is -0.283.